The molecule has 2 amide bonds. The molecule has 3 rings (SSSR count). The highest BCUT2D eigenvalue weighted by Gasteiger charge is 2.29. The normalized spacial score (nSPS) is 16.6. The molecule has 1 atom stereocenters. The van der Waals surface area contributed by atoms with Crippen LogP contribution in [0.1, 0.15) is 18.1 Å². The van der Waals surface area contributed by atoms with Crippen LogP contribution in [0, 0.1) is 0 Å². The summed E-state index contributed by atoms with van der Waals surface area (Å²) in [6.45, 7) is 1.95. The van der Waals surface area contributed by atoms with Crippen molar-refractivity contribution in [2.24, 2.45) is 4.99 Å². The number of hydrogen-bond donors (Lipinski definition) is 1. The molecule has 0 saturated heterocycles. The predicted octanol–water partition coefficient (Wildman–Crippen LogP) is 2.72. The van der Waals surface area contributed by atoms with Gasteiger partial charge in [0.1, 0.15) is 6.61 Å². The molecule has 1 aliphatic heterocycles. The second-order valence-electron chi connectivity index (χ2n) is 5.74. The number of fused-ring (bicyclic) bond motifs is 1. The van der Waals surface area contributed by atoms with Gasteiger partial charge in [-0.1, -0.05) is 48.5 Å². The lowest BCUT2D eigenvalue weighted by Crippen LogP contribution is -2.46. The van der Waals surface area contributed by atoms with E-state index in [2.05, 4.69) is 10.3 Å². The summed E-state index contributed by atoms with van der Waals surface area (Å²) in [7, 11) is 1.67. The van der Waals surface area contributed by atoms with Crippen LogP contribution in [0.15, 0.2) is 59.6 Å². The molecule has 0 aromatic heterocycles. The van der Waals surface area contributed by atoms with Crippen LogP contribution < -0.4 is 10.2 Å². The van der Waals surface area contributed by atoms with E-state index in [9.17, 15) is 9.59 Å². The highest BCUT2D eigenvalue weighted by atomic mass is 16.5. The molecule has 1 aliphatic rings. The summed E-state index contributed by atoms with van der Waals surface area (Å²) in [6, 6.07) is 16.8. The molecule has 128 valence electrons. The zero-order valence-corrected chi connectivity index (χ0v) is 14.1. The Hall–Kier alpha value is -3.15. The van der Waals surface area contributed by atoms with E-state index in [0.717, 1.165) is 16.8 Å². The molecule has 2 aromatic rings. The van der Waals surface area contributed by atoms with Crippen LogP contribution in [0.3, 0.4) is 0 Å². The number of aliphatic imine (C=N–C) groups is 1. The molecule has 0 bridgehead atoms. The van der Waals surface area contributed by atoms with Crippen LogP contribution in [0.5, 0.6) is 0 Å². The highest BCUT2D eigenvalue weighted by Crippen LogP contribution is 2.24. The number of rotatable bonds is 3. The summed E-state index contributed by atoms with van der Waals surface area (Å²) in [4.78, 5) is 30.5. The summed E-state index contributed by atoms with van der Waals surface area (Å²) in [5.74, 6) is -0.319. The van der Waals surface area contributed by atoms with Gasteiger partial charge in [0.05, 0.1) is 5.69 Å². The van der Waals surface area contributed by atoms with Gasteiger partial charge in [-0.3, -0.25) is 15.1 Å². The number of carbonyl (C=O) groups excluding carboxylic acids is 2. The molecule has 6 nitrogen and oxygen atoms in total. The molecular weight excluding hydrogens is 318 g/mol. The van der Waals surface area contributed by atoms with Crippen LogP contribution in [0.25, 0.3) is 0 Å². The standard InChI is InChI=1S/C19H19N3O3/c1-13-15-10-6-7-11-16(15)22(2)18(23)17(20-13)21-19(24)25-12-14-8-4-3-5-9-14/h3-11,17H,12H2,1-2H3,(H,21,24)/t17-/m1/s1. The molecule has 0 spiro atoms. The van der Waals surface area contributed by atoms with Crippen molar-refractivity contribution in [2.45, 2.75) is 19.7 Å². The van der Waals surface area contributed by atoms with Gasteiger partial charge in [0.25, 0.3) is 5.91 Å². The SMILES string of the molecule is CC1=N[C@H](NC(=O)OCc2ccccc2)C(=O)N(C)c2ccccc21. The van der Waals surface area contributed by atoms with Crippen LogP contribution in [0.4, 0.5) is 10.5 Å². The Bertz CT molecular complexity index is 818. The first-order valence-electron chi connectivity index (χ1n) is 7.95. The number of likely N-dealkylation sites (N-methyl/N-ethyl adjacent to an activating group) is 1. The number of benzodiazepines with no additional fused rings is 1. The maximum Gasteiger partial charge on any atom is 0.409 e. The van der Waals surface area contributed by atoms with Crippen molar-refractivity contribution in [3.8, 4) is 0 Å². The minimum Gasteiger partial charge on any atom is -0.445 e. The fourth-order valence-corrected chi connectivity index (χ4v) is 2.66. The zero-order chi connectivity index (χ0) is 17.8. The van der Waals surface area contributed by atoms with Gasteiger partial charge in [0.2, 0.25) is 6.17 Å². The van der Waals surface area contributed by atoms with Crippen molar-refractivity contribution in [3.05, 3.63) is 65.7 Å². The Morgan fingerprint density at radius 1 is 1.16 bits per heavy atom. The van der Waals surface area contributed by atoms with Crippen molar-refractivity contribution in [2.75, 3.05) is 11.9 Å². The average molecular weight is 337 g/mol. The topological polar surface area (TPSA) is 71.0 Å². The average Bonchev–Trinajstić information content (AvgIpc) is 2.73. The Labute approximate surface area is 146 Å². The van der Waals surface area contributed by atoms with Gasteiger partial charge in [-0.25, -0.2) is 4.79 Å². The monoisotopic (exact) mass is 337 g/mol. The van der Waals surface area contributed by atoms with Crippen LogP contribution in [-0.2, 0) is 16.1 Å². The number of alkyl carbamates (subject to hydrolysis) is 1. The van der Waals surface area contributed by atoms with Gasteiger partial charge in [-0.2, -0.15) is 0 Å². The minimum atomic E-state index is -1.01. The molecule has 1 heterocycles. The van der Waals surface area contributed by atoms with Crippen LogP contribution >= 0.6 is 0 Å². The number of para-hydroxylation sites is 1. The molecule has 0 saturated carbocycles. The third-order valence-electron chi connectivity index (χ3n) is 4.01. The Balaban J connectivity index is 1.71. The molecule has 0 aliphatic carbocycles. The van der Waals surface area contributed by atoms with E-state index < -0.39 is 12.3 Å². The zero-order valence-electron chi connectivity index (χ0n) is 14.1. The fraction of sp³-hybridized carbons (Fsp3) is 0.211. The lowest BCUT2D eigenvalue weighted by atomic mass is 10.1. The molecule has 25 heavy (non-hydrogen) atoms. The van der Waals surface area contributed by atoms with Gasteiger partial charge in [-0.15, -0.1) is 0 Å². The van der Waals surface area contributed by atoms with Crippen LogP contribution in [-0.4, -0.2) is 30.9 Å². The summed E-state index contributed by atoms with van der Waals surface area (Å²) >= 11 is 0. The first-order valence-corrected chi connectivity index (χ1v) is 7.95. The van der Waals surface area contributed by atoms with E-state index in [0.29, 0.717) is 5.71 Å². The third-order valence-corrected chi connectivity index (χ3v) is 4.01. The Morgan fingerprint density at radius 3 is 2.60 bits per heavy atom. The van der Waals surface area contributed by atoms with E-state index in [1.807, 2.05) is 61.5 Å². The molecule has 0 radical (unpaired) electrons. The predicted molar refractivity (Wildman–Crippen MR) is 95.6 cm³/mol. The smallest absolute Gasteiger partial charge is 0.409 e. The van der Waals surface area contributed by atoms with E-state index in [4.69, 9.17) is 4.74 Å². The molecule has 0 unspecified atom stereocenters. The van der Waals surface area contributed by atoms with Crippen LogP contribution in [0.2, 0.25) is 0 Å². The Kier molecular flexibility index (Phi) is 4.79. The maximum atomic E-state index is 12.6. The number of hydrogen-bond acceptors (Lipinski definition) is 4. The van der Waals surface area contributed by atoms with Crippen molar-refractivity contribution in [1.29, 1.82) is 0 Å². The Morgan fingerprint density at radius 2 is 1.84 bits per heavy atom. The summed E-state index contributed by atoms with van der Waals surface area (Å²) in [6.07, 6.45) is -1.70. The fourth-order valence-electron chi connectivity index (χ4n) is 2.66. The number of nitrogens with one attached hydrogen (secondary N) is 1. The third kappa shape index (κ3) is 3.68. The molecular formula is C19H19N3O3. The second-order valence-corrected chi connectivity index (χ2v) is 5.74. The van der Waals surface area contributed by atoms with Gasteiger partial charge in [0.15, 0.2) is 0 Å². The number of nitrogens with zero attached hydrogens (tertiary/aromatic N) is 2. The first-order chi connectivity index (χ1) is 12.1. The van der Waals surface area contributed by atoms with E-state index in [1.165, 1.54) is 4.90 Å². The van der Waals surface area contributed by atoms with Crippen molar-refractivity contribution in [1.82, 2.24) is 5.32 Å². The number of ether oxygens (including phenoxy) is 1. The van der Waals surface area contributed by atoms with E-state index in [-0.39, 0.29) is 12.5 Å². The number of carbonyl (C=O) groups is 2. The molecule has 0 fully saturated rings. The van der Waals surface area contributed by atoms with Crippen molar-refractivity contribution < 1.29 is 14.3 Å². The molecule has 1 N–H and O–H groups in total. The van der Waals surface area contributed by atoms with Crippen molar-refractivity contribution in [3.63, 3.8) is 0 Å². The van der Waals surface area contributed by atoms with Crippen molar-refractivity contribution >= 4 is 23.4 Å². The molecule has 2 aromatic carbocycles. The molecule has 6 heteroatoms. The number of amides is 2. The number of anilines is 1. The lowest BCUT2D eigenvalue weighted by molar-refractivity contribution is -0.120. The van der Waals surface area contributed by atoms with Gasteiger partial charge in [-0.05, 0) is 18.6 Å². The minimum absolute atomic E-state index is 0.131. The maximum absolute atomic E-state index is 12.6. The number of benzene rings is 2. The lowest BCUT2D eigenvalue weighted by Gasteiger charge is -2.20. The first kappa shape index (κ1) is 16.7. The van der Waals surface area contributed by atoms with E-state index >= 15 is 0 Å². The van der Waals surface area contributed by atoms with Gasteiger partial charge in [0, 0.05) is 18.3 Å². The summed E-state index contributed by atoms with van der Waals surface area (Å²) in [5.41, 5.74) is 3.17. The van der Waals surface area contributed by atoms with Gasteiger partial charge >= 0.3 is 6.09 Å². The quantitative estimate of drug-likeness (QED) is 0.936. The largest absolute Gasteiger partial charge is 0.445 e. The van der Waals surface area contributed by atoms with E-state index in [1.54, 1.807) is 7.05 Å². The van der Waals surface area contributed by atoms with Gasteiger partial charge < -0.3 is 9.64 Å². The summed E-state index contributed by atoms with van der Waals surface area (Å²) < 4.78 is 5.18. The second kappa shape index (κ2) is 7.17. The highest BCUT2D eigenvalue weighted by molar-refractivity contribution is 6.12. The summed E-state index contributed by atoms with van der Waals surface area (Å²) in [5, 5.41) is 2.53.